The summed E-state index contributed by atoms with van der Waals surface area (Å²) in [5.74, 6) is -2.59. The van der Waals surface area contributed by atoms with Gasteiger partial charge >= 0.3 is 72.3 Å². The van der Waals surface area contributed by atoms with Gasteiger partial charge in [0.1, 0.15) is 39.6 Å². The van der Waals surface area contributed by atoms with Crippen LogP contribution < -0.4 is 21.3 Å². The Bertz CT molecular complexity index is 2360. The Kier molecular flexibility index (Phi) is 45.8. The van der Waals surface area contributed by atoms with Crippen molar-refractivity contribution < 1.29 is 101 Å². The molecule has 5 N–H and O–H groups in total. The Morgan fingerprint density at radius 3 is 1.17 bits per heavy atom. The third-order valence-corrected chi connectivity index (χ3v) is 14.8. The summed E-state index contributed by atoms with van der Waals surface area (Å²) < 4.78 is 30.6. The molecule has 30 nitrogen and oxygen atoms in total. The lowest BCUT2D eigenvalue weighted by molar-refractivity contribution is -0.144. The van der Waals surface area contributed by atoms with Gasteiger partial charge in [-0.25, -0.2) is 62.6 Å². The second kappa shape index (κ2) is 52.6. The summed E-state index contributed by atoms with van der Waals surface area (Å²) in [6, 6.07) is -2.13. The molecule has 2 saturated carbocycles. The minimum absolute atomic E-state index is 0.0169. The highest BCUT2D eigenvalue weighted by molar-refractivity contribution is 7.99. The first-order valence-corrected chi connectivity index (χ1v) is 33.2. The first kappa shape index (κ1) is 80.1. The number of unbranched alkanes of at least 4 members (excludes halogenated alkanes) is 13. The van der Waals surface area contributed by atoms with Crippen LogP contribution in [-0.2, 0) is 62.1 Å². The summed E-state index contributed by atoms with van der Waals surface area (Å²) in [4.78, 5) is 162. The number of carbonyl (C=O) groups is 12. The Morgan fingerprint density at radius 1 is 0.413 bits per heavy atom. The highest BCUT2D eigenvalue weighted by Gasteiger charge is 2.26. The first-order chi connectivity index (χ1) is 44.5. The summed E-state index contributed by atoms with van der Waals surface area (Å²) >= 11 is 1.29. The molecule has 31 heteroatoms. The second-order valence-corrected chi connectivity index (χ2v) is 22.4. The van der Waals surface area contributed by atoms with Crippen molar-refractivity contribution in [3.8, 4) is 0 Å². The number of nitrogens with one attached hydrogen (secondary N) is 4. The SMILES string of the molecule is C=CC(=O)OCCOC(=O)N(CCCCCCNC(=O)ON=C1CCCC1)C(=O)NCCCCCCN(C(=O)NCCCCCCN(C(=O)NCCCCCCCC(=O)ON=C1CCCC1)C(=O)OCCOC(=O)CCSCCC(=O)O)C(=O)OCCOC(=O)C=C. The molecule has 10 amide bonds. The van der Waals surface area contributed by atoms with Crippen LogP contribution in [0, 0.1) is 0 Å². The predicted octanol–water partition coefficient (Wildman–Crippen LogP) is 9.18. The number of urea groups is 3. The van der Waals surface area contributed by atoms with E-state index in [9.17, 15) is 57.5 Å². The number of rotatable bonds is 48. The minimum Gasteiger partial charge on any atom is -0.481 e. The standard InChI is InChI=1S/C61H97N9O21S/c1-3-51(73)84-40-43-87-59(81)68(37-23-11-8-20-35-64-57(79)69(60(82)88-44-41-85-52(74)4-2)39-25-13-10-22-36-65-58(80)91-67-49-28-17-18-29-49)56(78)63-34-21-9-12-24-38-70(61(83)89-45-42-86-53(75)32-47-92-46-31-50(71)72)55(77)62-33-19-7-5-6-14-30-54(76)90-66-48-26-15-16-27-48/h3-4H,1-2,5-47H2,(H,62,77)(H,63,78)(H,64,79)(H,65,80)(H,71,72). The van der Waals surface area contributed by atoms with Crippen molar-refractivity contribution in [1.29, 1.82) is 0 Å². The number of carbonyl (C=O) groups excluding carboxylic acids is 11. The fourth-order valence-corrected chi connectivity index (χ4v) is 9.61. The van der Waals surface area contributed by atoms with Gasteiger partial charge in [0, 0.05) is 75.9 Å². The number of oxime groups is 2. The van der Waals surface area contributed by atoms with Crippen LogP contribution in [0.15, 0.2) is 35.6 Å². The molecule has 2 aliphatic carbocycles. The third-order valence-electron chi connectivity index (χ3n) is 13.8. The molecule has 2 aliphatic rings. The summed E-state index contributed by atoms with van der Waals surface area (Å²) in [5.41, 5.74) is 1.78. The molecule has 0 spiro atoms. The largest absolute Gasteiger partial charge is 0.481 e. The Balaban J connectivity index is 1.87. The van der Waals surface area contributed by atoms with Crippen molar-refractivity contribution in [2.24, 2.45) is 10.3 Å². The van der Waals surface area contributed by atoms with Crippen LogP contribution in [0.1, 0.15) is 180 Å². The Morgan fingerprint density at radius 2 is 0.761 bits per heavy atom. The molecule has 0 saturated heterocycles. The van der Waals surface area contributed by atoms with Crippen LogP contribution in [0.3, 0.4) is 0 Å². The maximum Gasteiger partial charge on any atom is 0.433 e. The van der Waals surface area contributed by atoms with Gasteiger partial charge in [0.05, 0.1) is 24.3 Å². The van der Waals surface area contributed by atoms with E-state index in [2.05, 4.69) is 44.7 Å². The predicted molar refractivity (Wildman–Crippen MR) is 337 cm³/mol. The van der Waals surface area contributed by atoms with Gasteiger partial charge in [-0.3, -0.25) is 14.4 Å². The van der Waals surface area contributed by atoms with Crippen molar-refractivity contribution in [3.05, 3.63) is 25.3 Å². The molecule has 0 unspecified atom stereocenters. The van der Waals surface area contributed by atoms with Gasteiger partial charge in [0.15, 0.2) is 0 Å². The van der Waals surface area contributed by atoms with E-state index < -0.39 is 66.3 Å². The van der Waals surface area contributed by atoms with Crippen LogP contribution in [0.25, 0.3) is 0 Å². The summed E-state index contributed by atoms with van der Waals surface area (Å²) in [6.45, 7) is 5.74. The maximum atomic E-state index is 13.4. The molecule has 92 heavy (non-hydrogen) atoms. The van der Waals surface area contributed by atoms with Gasteiger partial charge < -0.3 is 59.6 Å². The number of thioether (sulfide) groups is 1. The minimum atomic E-state index is -0.982. The molecule has 0 aromatic heterocycles. The molecule has 0 atom stereocenters. The molecule has 0 bridgehead atoms. The van der Waals surface area contributed by atoms with Gasteiger partial charge in [-0.1, -0.05) is 81.3 Å². The fraction of sp³-hybridized carbons (Fsp3) is 0.705. The van der Waals surface area contributed by atoms with E-state index in [4.69, 9.17) is 43.2 Å². The summed E-state index contributed by atoms with van der Waals surface area (Å²) in [6.07, 6.45) is 15.8. The lowest BCUT2D eigenvalue weighted by Crippen LogP contribution is -2.45. The quantitative estimate of drug-likeness (QED) is 0.00945. The third kappa shape index (κ3) is 41.4. The molecule has 2 fully saturated rings. The number of nitrogens with zero attached hydrogens (tertiary/aromatic N) is 5. The van der Waals surface area contributed by atoms with Crippen molar-refractivity contribution >= 4 is 95.5 Å². The zero-order chi connectivity index (χ0) is 67.2. The number of hydrogen-bond donors (Lipinski definition) is 5. The van der Waals surface area contributed by atoms with Crippen LogP contribution in [-0.4, -0.2) is 201 Å². The fourth-order valence-electron chi connectivity index (χ4n) is 8.78. The molecular weight excluding hydrogens is 1230 g/mol. The van der Waals surface area contributed by atoms with E-state index in [0.717, 1.165) is 109 Å². The van der Waals surface area contributed by atoms with E-state index in [1.807, 2.05) is 0 Å². The molecule has 0 aromatic rings. The molecular formula is C61H97N9O21S. The van der Waals surface area contributed by atoms with Gasteiger partial charge in [0.2, 0.25) is 0 Å². The number of carboxylic acids is 1. The van der Waals surface area contributed by atoms with Gasteiger partial charge in [0.25, 0.3) is 0 Å². The van der Waals surface area contributed by atoms with E-state index in [1.165, 1.54) is 11.8 Å². The topological polar surface area (TPSA) is 381 Å². The molecule has 0 aromatic carbocycles. The summed E-state index contributed by atoms with van der Waals surface area (Å²) in [7, 11) is 0. The number of aliphatic carboxylic acids is 1. The monoisotopic (exact) mass is 1320 g/mol. The average Bonchev–Trinajstić information content (AvgIpc) is 2.57. The molecule has 0 aliphatic heterocycles. The van der Waals surface area contributed by atoms with Crippen LogP contribution >= 0.6 is 11.8 Å². The maximum absolute atomic E-state index is 13.4. The molecule has 0 heterocycles. The van der Waals surface area contributed by atoms with Crippen LogP contribution in [0.2, 0.25) is 0 Å². The Labute approximate surface area is 542 Å². The van der Waals surface area contributed by atoms with E-state index in [1.54, 1.807) is 0 Å². The van der Waals surface area contributed by atoms with Crippen molar-refractivity contribution in [1.82, 2.24) is 36.0 Å². The van der Waals surface area contributed by atoms with E-state index in [0.29, 0.717) is 108 Å². The number of imide groups is 3. The zero-order valence-electron chi connectivity index (χ0n) is 53.2. The van der Waals surface area contributed by atoms with E-state index >= 15 is 0 Å². The smallest absolute Gasteiger partial charge is 0.433 e. The zero-order valence-corrected chi connectivity index (χ0v) is 54.0. The highest BCUT2D eigenvalue weighted by atomic mass is 32.2. The van der Waals surface area contributed by atoms with Crippen molar-refractivity contribution in [2.45, 2.75) is 180 Å². The number of ether oxygens (including phenoxy) is 6. The van der Waals surface area contributed by atoms with Crippen LogP contribution in [0.4, 0.5) is 33.6 Å². The number of carboxylic acid groups (broad SMARTS) is 1. The number of amides is 10. The van der Waals surface area contributed by atoms with Gasteiger partial charge in [-0.2, -0.15) is 11.8 Å². The number of esters is 3. The van der Waals surface area contributed by atoms with Gasteiger partial charge in [-0.15, -0.1) is 0 Å². The molecule has 518 valence electrons. The van der Waals surface area contributed by atoms with Gasteiger partial charge in [-0.05, 0) is 103 Å². The first-order valence-electron chi connectivity index (χ1n) is 32.0. The lowest BCUT2D eigenvalue weighted by atomic mass is 10.1. The normalized spacial score (nSPS) is 12.2. The van der Waals surface area contributed by atoms with Crippen LogP contribution in [0.5, 0.6) is 0 Å². The van der Waals surface area contributed by atoms with Crippen molar-refractivity contribution in [2.75, 3.05) is 97.0 Å². The average molecular weight is 1320 g/mol. The molecule has 0 radical (unpaired) electrons. The van der Waals surface area contributed by atoms with Crippen molar-refractivity contribution in [3.63, 3.8) is 0 Å². The lowest BCUT2D eigenvalue weighted by Gasteiger charge is -2.22. The highest BCUT2D eigenvalue weighted by Crippen LogP contribution is 2.17. The molecule has 2 rings (SSSR count). The summed E-state index contributed by atoms with van der Waals surface area (Å²) in [5, 5.41) is 27.4. The second-order valence-electron chi connectivity index (χ2n) is 21.2. The Hall–Kier alpha value is -7.99. The number of hydrogen-bond acceptors (Lipinski definition) is 23. The van der Waals surface area contributed by atoms with E-state index in [-0.39, 0.29) is 104 Å².